The van der Waals surface area contributed by atoms with Crippen LogP contribution in [0.1, 0.15) is 316 Å². The maximum absolute atomic E-state index is 12.9. The van der Waals surface area contributed by atoms with Crippen LogP contribution in [-0.2, 0) is 28.6 Å². The van der Waals surface area contributed by atoms with Crippen molar-refractivity contribution < 1.29 is 28.6 Å². The molecule has 0 aromatic rings. The average Bonchev–Trinajstić information content (AvgIpc) is 3.35. The highest BCUT2D eigenvalue weighted by atomic mass is 16.6. The number of allylic oxidation sites excluding steroid dienone is 8. The summed E-state index contributed by atoms with van der Waals surface area (Å²) in [4.78, 5) is 38.2. The smallest absolute Gasteiger partial charge is 0.306 e. The van der Waals surface area contributed by atoms with Crippen molar-refractivity contribution in [3.63, 3.8) is 0 Å². The summed E-state index contributed by atoms with van der Waals surface area (Å²) in [5, 5.41) is 0. The molecule has 0 saturated heterocycles. The van der Waals surface area contributed by atoms with Crippen LogP contribution in [0.5, 0.6) is 0 Å². The Morgan fingerprint density at radius 1 is 0.290 bits per heavy atom. The Labute approximate surface area is 428 Å². The topological polar surface area (TPSA) is 78.9 Å². The fraction of sp³-hybridized carbons (Fsp3) is 0.825. The van der Waals surface area contributed by atoms with E-state index in [1.54, 1.807) is 0 Å². The first-order valence-corrected chi connectivity index (χ1v) is 30.1. The van der Waals surface area contributed by atoms with Crippen molar-refractivity contribution in [2.45, 2.75) is 322 Å². The zero-order valence-corrected chi connectivity index (χ0v) is 46.1. The van der Waals surface area contributed by atoms with Crippen LogP contribution in [0.15, 0.2) is 48.6 Å². The third-order valence-electron chi connectivity index (χ3n) is 13.3. The van der Waals surface area contributed by atoms with Gasteiger partial charge in [0.25, 0.3) is 0 Å². The van der Waals surface area contributed by atoms with Crippen LogP contribution in [0.4, 0.5) is 0 Å². The molecule has 0 aromatic carbocycles. The summed E-state index contributed by atoms with van der Waals surface area (Å²) in [6, 6.07) is 0. The number of esters is 3. The minimum Gasteiger partial charge on any atom is -0.462 e. The molecule has 0 aliphatic carbocycles. The summed E-state index contributed by atoms with van der Waals surface area (Å²) in [6.45, 7) is 6.62. The van der Waals surface area contributed by atoms with E-state index < -0.39 is 6.10 Å². The number of carbonyl (C=O) groups excluding carboxylic acids is 3. The van der Waals surface area contributed by atoms with Crippen molar-refractivity contribution in [1.82, 2.24) is 0 Å². The predicted molar refractivity (Wildman–Crippen MR) is 298 cm³/mol. The van der Waals surface area contributed by atoms with Crippen LogP contribution in [0.2, 0.25) is 0 Å². The highest BCUT2D eigenvalue weighted by Crippen LogP contribution is 2.16. The minimum atomic E-state index is -0.779. The van der Waals surface area contributed by atoms with Gasteiger partial charge in [-0.2, -0.15) is 0 Å². The summed E-state index contributed by atoms with van der Waals surface area (Å²) in [5.74, 6) is -0.877. The third-order valence-corrected chi connectivity index (χ3v) is 13.3. The van der Waals surface area contributed by atoms with Crippen molar-refractivity contribution in [1.29, 1.82) is 0 Å². The van der Waals surface area contributed by atoms with E-state index in [-0.39, 0.29) is 31.1 Å². The van der Waals surface area contributed by atoms with E-state index in [1.165, 1.54) is 205 Å². The van der Waals surface area contributed by atoms with E-state index in [2.05, 4.69) is 69.4 Å². The van der Waals surface area contributed by atoms with E-state index in [4.69, 9.17) is 14.2 Å². The van der Waals surface area contributed by atoms with Crippen LogP contribution in [0, 0.1) is 0 Å². The first-order valence-electron chi connectivity index (χ1n) is 30.1. The monoisotopic (exact) mass is 967 g/mol. The molecule has 0 aliphatic rings. The van der Waals surface area contributed by atoms with E-state index in [1.807, 2.05) is 0 Å². The first kappa shape index (κ1) is 66.4. The van der Waals surface area contributed by atoms with Gasteiger partial charge in [-0.05, 0) is 103 Å². The van der Waals surface area contributed by atoms with E-state index in [0.717, 1.165) is 70.6 Å². The molecule has 0 bridgehead atoms. The molecule has 69 heavy (non-hydrogen) atoms. The summed E-state index contributed by atoms with van der Waals surface area (Å²) < 4.78 is 16.9. The van der Waals surface area contributed by atoms with Gasteiger partial charge in [0.05, 0.1) is 0 Å². The fourth-order valence-corrected chi connectivity index (χ4v) is 8.70. The van der Waals surface area contributed by atoms with Gasteiger partial charge in [-0.3, -0.25) is 14.4 Å². The van der Waals surface area contributed by atoms with Crippen molar-refractivity contribution >= 4 is 17.9 Å². The molecule has 0 radical (unpaired) electrons. The molecule has 6 nitrogen and oxygen atoms in total. The third kappa shape index (κ3) is 56.2. The van der Waals surface area contributed by atoms with Gasteiger partial charge in [-0.25, -0.2) is 0 Å². The lowest BCUT2D eigenvalue weighted by Crippen LogP contribution is -2.30. The second kappa shape index (κ2) is 57.9. The molecule has 0 saturated carbocycles. The highest BCUT2D eigenvalue weighted by molar-refractivity contribution is 5.71. The van der Waals surface area contributed by atoms with E-state index >= 15 is 0 Å². The largest absolute Gasteiger partial charge is 0.462 e. The van der Waals surface area contributed by atoms with Crippen LogP contribution >= 0.6 is 0 Å². The second-order valence-corrected chi connectivity index (χ2v) is 20.2. The van der Waals surface area contributed by atoms with E-state index in [9.17, 15) is 14.4 Å². The number of hydrogen-bond acceptors (Lipinski definition) is 6. The average molecular weight is 968 g/mol. The maximum atomic E-state index is 12.9. The Balaban J connectivity index is 4.34. The van der Waals surface area contributed by atoms with Gasteiger partial charge in [0.1, 0.15) is 13.2 Å². The SMILES string of the molecule is CCCCC/C=C\C/C=C\CCCCCCCCCCCC(=O)O[C@@H](COC(=O)CCCCCCC/C=C\CCCCCC)COC(=O)CCCCCCCCCCC/C=C\CCCCCCCC. The molecule has 0 spiro atoms. The normalized spacial score (nSPS) is 12.3. The molecule has 0 aromatic heterocycles. The summed E-state index contributed by atoms with van der Waals surface area (Å²) in [7, 11) is 0. The zero-order valence-electron chi connectivity index (χ0n) is 46.1. The molecule has 1 atom stereocenters. The summed E-state index contributed by atoms with van der Waals surface area (Å²) >= 11 is 0. The Kier molecular flexibility index (Phi) is 55.7. The number of rotatable bonds is 55. The second-order valence-electron chi connectivity index (χ2n) is 20.2. The number of ether oxygens (including phenoxy) is 3. The van der Waals surface area contributed by atoms with Gasteiger partial charge in [0.2, 0.25) is 0 Å². The lowest BCUT2D eigenvalue weighted by Gasteiger charge is -2.18. The number of carbonyl (C=O) groups is 3. The van der Waals surface area contributed by atoms with Gasteiger partial charge >= 0.3 is 17.9 Å². The van der Waals surface area contributed by atoms with Gasteiger partial charge in [-0.15, -0.1) is 0 Å². The maximum Gasteiger partial charge on any atom is 0.306 e. The van der Waals surface area contributed by atoms with Crippen molar-refractivity contribution in [3.8, 4) is 0 Å². The molecule has 0 rings (SSSR count). The summed E-state index contributed by atoms with van der Waals surface area (Å²) in [5.41, 5.74) is 0. The van der Waals surface area contributed by atoms with Crippen molar-refractivity contribution in [3.05, 3.63) is 48.6 Å². The van der Waals surface area contributed by atoms with Gasteiger partial charge in [0, 0.05) is 19.3 Å². The predicted octanol–water partition coefficient (Wildman–Crippen LogP) is 20.2. The van der Waals surface area contributed by atoms with Crippen LogP contribution < -0.4 is 0 Å². The highest BCUT2D eigenvalue weighted by Gasteiger charge is 2.19. The van der Waals surface area contributed by atoms with Gasteiger partial charge in [-0.1, -0.05) is 243 Å². The Morgan fingerprint density at radius 3 is 0.855 bits per heavy atom. The van der Waals surface area contributed by atoms with Crippen molar-refractivity contribution in [2.75, 3.05) is 13.2 Å². The molecule has 0 aliphatic heterocycles. The molecule has 0 unspecified atom stereocenters. The van der Waals surface area contributed by atoms with Crippen LogP contribution in [-0.4, -0.2) is 37.2 Å². The lowest BCUT2D eigenvalue weighted by atomic mass is 10.1. The minimum absolute atomic E-state index is 0.0766. The van der Waals surface area contributed by atoms with Crippen molar-refractivity contribution in [2.24, 2.45) is 0 Å². The lowest BCUT2D eigenvalue weighted by molar-refractivity contribution is -0.167. The molecular weight excluding hydrogens is 853 g/mol. The number of unbranched alkanes of at least 4 members (excludes halogenated alkanes) is 36. The van der Waals surface area contributed by atoms with Gasteiger partial charge < -0.3 is 14.2 Å². The molecule has 6 heteroatoms. The Hall–Kier alpha value is -2.63. The number of hydrogen-bond donors (Lipinski definition) is 0. The molecule has 0 amide bonds. The Bertz CT molecular complexity index is 1200. The first-order chi connectivity index (χ1) is 34.0. The fourth-order valence-electron chi connectivity index (χ4n) is 8.70. The van der Waals surface area contributed by atoms with Gasteiger partial charge in [0.15, 0.2) is 6.10 Å². The quantitative estimate of drug-likeness (QED) is 0.0262. The molecular formula is C63H114O6. The summed E-state index contributed by atoms with van der Waals surface area (Å²) in [6.07, 6.45) is 71.0. The zero-order chi connectivity index (χ0) is 50.0. The van der Waals surface area contributed by atoms with Crippen LogP contribution in [0.3, 0.4) is 0 Å². The molecule has 402 valence electrons. The molecule has 0 N–H and O–H groups in total. The molecule has 0 fully saturated rings. The Morgan fingerprint density at radius 2 is 0.522 bits per heavy atom. The molecule has 0 heterocycles. The van der Waals surface area contributed by atoms with Crippen LogP contribution in [0.25, 0.3) is 0 Å². The standard InChI is InChI=1S/C63H114O6/c1-4-7-10-13-16-19-22-25-27-29-31-33-35-38-41-44-47-50-53-56-62(65)68-59-60(58-67-61(64)55-52-49-46-43-40-37-24-21-18-15-12-9-6-3)69-63(66)57-54-51-48-45-42-39-36-34-32-30-28-26-23-20-17-14-11-8-5-2/h17,20-21,24-28,60H,4-16,18-19,22-23,29-59H2,1-3H3/b20-17-,24-21-,27-25-,28-26-/t60-/m0/s1. The van der Waals surface area contributed by atoms with E-state index in [0.29, 0.717) is 19.3 Å².